The first-order valence-corrected chi connectivity index (χ1v) is 8.73. The van der Waals surface area contributed by atoms with E-state index in [0.29, 0.717) is 35.2 Å². The molecule has 1 aromatic heterocycles. The molecule has 3 rings (SSSR count). The molecule has 1 aliphatic rings. The summed E-state index contributed by atoms with van der Waals surface area (Å²) >= 11 is 6.05. The predicted molar refractivity (Wildman–Crippen MR) is 87.1 cm³/mol. The zero-order valence-electron chi connectivity index (χ0n) is 11.7. The van der Waals surface area contributed by atoms with Crippen LogP contribution in [0.4, 0.5) is 23.1 Å². The van der Waals surface area contributed by atoms with E-state index in [1.165, 1.54) is 16.8 Å². The normalized spacial score (nSPS) is 14.0. The molecule has 0 bridgehead atoms. The third-order valence-corrected chi connectivity index (χ3v) is 4.81. The zero-order valence-corrected chi connectivity index (χ0v) is 13.3. The van der Waals surface area contributed by atoms with E-state index in [2.05, 4.69) is 15.3 Å². The summed E-state index contributed by atoms with van der Waals surface area (Å²) in [5, 5.41) is 3.35. The fraction of sp³-hybridized carbons (Fsp3) is 0.231. The number of nitrogens with zero attached hydrogens (tertiary/aromatic N) is 3. The van der Waals surface area contributed by atoms with E-state index in [1.807, 2.05) is 12.1 Å². The number of benzene rings is 1. The molecule has 0 fully saturated rings. The number of nitrogens with one attached hydrogen (secondary N) is 1. The average molecular weight is 340 g/mol. The number of fused-ring (bicyclic) bond motifs is 1. The Hall–Kier alpha value is -2.06. The summed E-state index contributed by atoms with van der Waals surface area (Å²) in [6.45, 7) is 0.423. The molecular formula is C13H14ClN5O2S. The number of hydrogen-bond acceptors (Lipinski definition) is 6. The Labute approximate surface area is 133 Å². The Morgan fingerprint density at radius 3 is 2.91 bits per heavy atom. The number of aromatic nitrogens is 2. The standard InChI is InChI=1S/C13H14ClN5O2S/c1-22(20,21)19-6-5-8-3-2-4-10(11(8)19)17-12-9(14)7-16-13(15)18-12/h2-4,7H,5-6H2,1H3,(H3,15,16,17,18). The van der Waals surface area contributed by atoms with E-state index in [4.69, 9.17) is 17.3 Å². The minimum atomic E-state index is -3.35. The Morgan fingerprint density at radius 2 is 2.18 bits per heavy atom. The number of rotatable bonds is 3. The first kappa shape index (κ1) is 14.9. The van der Waals surface area contributed by atoms with Crippen LogP contribution in [0.5, 0.6) is 0 Å². The minimum absolute atomic E-state index is 0.0828. The van der Waals surface area contributed by atoms with Crippen LogP contribution in [-0.4, -0.2) is 31.2 Å². The first-order valence-electron chi connectivity index (χ1n) is 6.51. The molecule has 2 heterocycles. The van der Waals surface area contributed by atoms with E-state index in [-0.39, 0.29) is 5.95 Å². The SMILES string of the molecule is CS(=O)(=O)N1CCc2cccc(Nc3nc(N)ncc3Cl)c21. The van der Waals surface area contributed by atoms with E-state index in [1.54, 1.807) is 6.07 Å². The summed E-state index contributed by atoms with van der Waals surface area (Å²) < 4.78 is 25.3. The number of nitrogen functional groups attached to an aromatic ring is 1. The van der Waals surface area contributed by atoms with Crippen molar-refractivity contribution in [3.63, 3.8) is 0 Å². The summed E-state index contributed by atoms with van der Waals surface area (Å²) in [5.74, 6) is 0.419. The molecule has 0 saturated heterocycles. The van der Waals surface area contributed by atoms with E-state index in [9.17, 15) is 8.42 Å². The fourth-order valence-electron chi connectivity index (χ4n) is 2.45. The topological polar surface area (TPSA) is 101 Å². The lowest BCUT2D eigenvalue weighted by Gasteiger charge is -2.20. The second-order valence-corrected chi connectivity index (χ2v) is 7.26. The van der Waals surface area contributed by atoms with Gasteiger partial charge in [0, 0.05) is 6.54 Å². The minimum Gasteiger partial charge on any atom is -0.368 e. The van der Waals surface area contributed by atoms with Crippen molar-refractivity contribution in [1.29, 1.82) is 0 Å². The number of nitrogens with two attached hydrogens (primary N) is 1. The summed E-state index contributed by atoms with van der Waals surface area (Å²) in [6.07, 6.45) is 3.25. The van der Waals surface area contributed by atoms with Crippen molar-refractivity contribution in [3.05, 3.63) is 35.0 Å². The van der Waals surface area contributed by atoms with Crippen LogP contribution < -0.4 is 15.4 Å². The van der Waals surface area contributed by atoms with Gasteiger partial charge in [-0.25, -0.2) is 13.4 Å². The van der Waals surface area contributed by atoms with E-state index in [0.717, 1.165) is 5.56 Å². The molecule has 0 atom stereocenters. The molecule has 0 radical (unpaired) electrons. The highest BCUT2D eigenvalue weighted by molar-refractivity contribution is 7.92. The summed E-state index contributed by atoms with van der Waals surface area (Å²) in [5.41, 5.74) is 7.75. The van der Waals surface area contributed by atoms with Crippen molar-refractivity contribution in [3.8, 4) is 0 Å². The second kappa shape index (κ2) is 5.29. The van der Waals surface area contributed by atoms with Gasteiger partial charge in [0.2, 0.25) is 16.0 Å². The number of halogens is 1. The zero-order chi connectivity index (χ0) is 15.9. The molecule has 7 nitrogen and oxygen atoms in total. The third-order valence-electron chi connectivity index (χ3n) is 3.37. The van der Waals surface area contributed by atoms with Crippen LogP contribution in [0.25, 0.3) is 0 Å². The van der Waals surface area contributed by atoms with Gasteiger partial charge in [0.05, 0.1) is 23.8 Å². The molecule has 0 aliphatic carbocycles. The largest absolute Gasteiger partial charge is 0.368 e. The summed E-state index contributed by atoms with van der Waals surface area (Å²) in [4.78, 5) is 7.83. The third kappa shape index (κ3) is 2.67. The van der Waals surface area contributed by atoms with Gasteiger partial charge in [0.1, 0.15) is 5.02 Å². The number of para-hydroxylation sites is 1. The van der Waals surface area contributed by atoms with E-state index >= 15 is 0 Å². The molecule has 0 unspecified atom stereocenters. The lowest BCUT2D eigenvalue weighted by atomic mass is 10.1. The highest BCUT2D eigenvalue weighted by Crippen LogP contribution is 2.38. The molecule has 22 heavy (non-hydrogen) atoms. The molecule has 2 aromatic rings. The Kier molecular flexibility index (Phi) is 3.57. The quantitative estimate of drug-likeness (QED) is 0.883. The average Bonchev–Trinajstić information content (AvgIpc) is 2.88. The highest BCUT2D eigenvalue weighted by atomic mass is 35.5. The Balaban J connectivity index is 2.07. The number of hydrogen-bond donors (Lipinski definition) is 2. The monoisotopic (exact) mass is 339 g/mol. The van der Waals surface area contributed by atoms with Gasteiger partial charge in [-0.05, 0) is 18.1 Å². The molecule has 0 amide bonds. The van der Waals surface area contributed by atoms with Gasteiger partial charge in [-0.15, -0.1) is 0 Å². The maximum absolute atomic E-state index is 11.9. The van der Waals surface area contributed by atoms with Gasteiger partial charge in [0.15, 0.2) is 5.82 Å². The lowest BCUT2D eigenvalue weighted by molar-refractivity contribution is 0.598. The molecule has 1 aromatic carbocycles. The Morgan fingerprint density at radius 1 is 1.41 bits per heavy atom. The van der Waals surface area contributed by atoms with Crippen LogP contribution in [0.3, 0.4) is 0 Å². The van der Waals surface area contributed by atoms with Crippen LogP contribution in [0.15, 0.2) is 24.4 Å². The maximum Gasteiger partial charge on any atom is 0.232 e. The first-order chi connectivity index (χ1) is 10.4. The number of sulfonamides is 1. The van der Waals surface area contributed by atoms with Crippen LogP contribution in [0, 0.1) is 0 Å². The van der Waals surface area contributed by atoms with Crippen LogP contribution in [0.2, 0.25) is 5.02 Å². The molecule has 1 aliphatic heterocycles. The second-order valence-electron chi connectivity index (χ2n) is 4.95. The van der Waals surface area contributed by atoms with Crippen molar-refractivity contribution in [2.75, 3.05) is 28.2 Å². The Bertz CT molecular complexity index is 840. The van der Waals surface area contributed by atoms with Gasteiger partial charge in [-0.3, -0.25) is 4.31 Å². The smallest absolute Gasteiger partial charge is 0.232 e. The molecule has 9 heteroatoms. The van der Waals surface area contributed by atoms with Gasteiger partial charge >= 0.3 is 0 Å². The fourth-order valence-corrected chi connectivity index (χ4v) is 3.56. The van der Waals surface area contributed by atoms with Crippen molar-refractivity contribution in [2.45, 2.75) is 6.42 Å². The van der Waals surface area contributed by atoms with Crippen molar-refractivity contribution >= 4 is 44.8 Å². The van der Waals surface area contributed by atoms with Crippen LogP contribution >= 0.6 is 11.6 Å². The lowest BCUT2D eigenvalue weighted by Crippen LogP contribution is -2.28. The van der Waals surface area contributed by atoms with Crippen LogP contribution in [0.1, 0.15) is 5.56 Å². The van der Waals surface area contributed by atoms with Crippen molar-refractivity contribution < 1.29 is 8.42 Å². The van der Waals surface area contributed by atoms with Gasteiger partial charge in [-0.2, -0.15) is 4.98 Å². The number of anilines is 4. The molecular weight excluding hydrogens is 326 g/mol. The molecule has 0 spiro atoms. The van der Waals surface area contributed by atoms with Gasteiger partial charge < -0.3 is 11.1 Å². The predicted octanol–water partition coefficient (Wildman–Crippen LogP) is 1.78. The van der Waals surface area contributed by atoms with Gasteiger partial charge in [0.25, 0.3) is 0 Å². The van der Waals surface area contributed by atoms with Crippen molar-refractivity contribution in [2.24, 2.45) is 0 Å². The molecule has 116 valence electrons. The highest BCUT2D eigenvalue weighted by Gasteiger charge is 2.29. The maximum atomic E-state index is 11.9. The molecule has 0 saturated carbocycles. The van der Waals surface area contributed by atoms with Gasteiger partial charge in [-0.1, -0.05) is 23.7 Å². The van der Waals surface area contributed by atoms with E-state index < -0.39 is 10.0 Å². The van der Waals surface area contributed by atoms with Crippen LogP contribution in [-0.2, 0) is 16.4 Å². The summed E-state index contributed by atoms with van der Waals surface area (Å²) in [7, 11) is -3.35. The molecule has 3 N–H and O–H groups in total. The summed E-state index contributed by atoms with van der Waals surface area (Å²) in [6, 6.07) is 5.53. The van der Waals surface area contributed by atoms with Crippen molar-refractivity contribution in [1.82, 2.24) is 9.97 Å².